The van der Waals surface area contributed by atoms with Gasteiger partial charge in [0.1, 0.15) is 0 Å². The lowest BCUT2D eigenvalue weighted by Gasteiger charge is -2.29. The van der Waals surface area contributed by atoms with Crippen LogP contribution in [0.3, 0.4) is 0 Å². The lowest BCUT2D eigenvalue weighted by Crippen LogP contribution is -2.11. The highest BCUT2D eigenvalue weighted by atomic mass is 15.1. The van der Waals surface area contributed by atoms with E-state index in [0.717, 1.165) is 17.1 Å². The summed E-state index contributed by atoms with van der Waals surface area (Å²) in [5.41, 5.74) is 12.8. The molecule has 11 aromatic rings. The average Bonchev–Trinajstić information content (AvgIpc) is 3.32. The van der Waals surface area contributed by atoms with Gasteiger partial charge in [0, 0.05) is 16.9 Å². The minimum absolute atomic E-state index is 1.10. The molecule has 276 valence electrons. The van der Waals surface area contributed by atoms with Crippen molar-refractivity contribution < 1.29 is 0 Å². The summed E-state index contributed by atoms with van der Waals surface area (Å²) < 4.78 is 0. The molecule has 0 N–H and O–H groups in total. The van der Waals surface area contributed by atoms with E-state index in [4.69, 9.17) is 0 Å². The molecule has 1 nitrogen and oxygen atoms in total. The third-order valence-corrected chi connectivity index (χ3v) is 11.8. The fourth-order valence-electron chi connectivity index (χ4n) is 8.82. The second-order valence-corrected chi connectivity index (χ2v) is 15.3. The summed E-state index contributed by atoms with van der Waals surface area (Å²) in [4.78, 5) is 2.44. The molecule has 0 aromatic heterocycles. The molecule has 0 amide bonds. The van der Waals surface area contributed by atoms with Gasteiger partial charge in [-0.1, -0.05) is 194 Å². The fourth-order valence-corrected chi connectivity index (χ4v) is 8.82. The third-order valence-electron chi connectivity index (χ3n) is 11.8. The zero-order valence-electron chi connectivity index (χ0n) is 32.5. The van der Waals surface area contributed by atoms with E-state index in [1.807, 2.05) is 0 Å². The van der Waals surface area contributed by atoms with Gasteiger partial charge in [0.05, 0.1) is 5.69 Å². The molecule has 0 unspecified atom stereocenters. The number of benzene rings is 11. The highest BCUT2D eigenvalue weighted by Gasteiger charge is 2.20. The Balaban J connectivity index is 1.06. The van der Waals surface area contributed by atoms with Crippen LogP contribution in [0.4, 0.5) is 17.1 Å². The molecule has 11 aromatic carbocycles. The van der Waals surface area contributed by atoms with Gasteiger partial charge in [-0.2, -0.15) is 0 Å². The van der Waals surface area contributed by atoms with Crippen LogP contribution in [-0.2, 0) is 0 Å². The van der Waals surface area contributed by atoms with E-state index >= 15 is 0 Å². The predicted octanol–water partition coefficient (Wildman–Crippen LogP) is 16.4. The Kier molecular flexibility index (Phi) is 8.56. The molecular weight excluding hydrogens is 711 g/mol. The van der Waals surface area contributed by atoms with Crippen LogP contribution >= 0.6 is 0 Å². The second kappa shape index (κ2) is 14.6. The molecular formula is C58H39N. The summed E-state index contributed by atoms with van der Waals surface area (Å²) in [7, 11) is 0. The minimum atomic E-state index is 1.10. The molecule has 0 atom stereocenters. The number of nitrogens with zero attached hydrogens (tertiary/aromatic N) is 1. The Morgan fingerprint density at radius 1 is 0.220 bits per heavy atom. The monoisotopic (exact) mass is 749 g/mol. The van der Waals surface area contributed by atoms with E-state index in [1.54, 1.807) is 0 Å². The van der Waals surface area contributed by atoms with Gasteiger partial charge in [0.15, 0.2) is 0 Å². The summed E-state index contributed by atoms with van der Waals surface area (Å²) in [6, 6.07) is 86.3. The zero-order valence-corrected chi connectivity index (χ0v) is 32.5. The predicted molar refractivity (Wildman–Crippen MR) is 253 cm³/mol. The number of fused-ring (bicyclic) bond motifs is 6. The Morgan fingerprint density at radius 3 is 1.46 bits per heavy atom. The molecule has 59 heavy (non-hydrogen) atoms. The first kappa shape index (κ1) is 34.5. The Hall–Kier alpha value is -7.74. The van der Waals surface area contributed by atoms with Crippen LogP contribution in [0.25, 0.3) is 87.6 Å². The number of hydrogen-bond donors (Lipinski definition) is 0. The molecule has 1 heteroatoms. The molecule has 0 aliphatic heterocycles. The first-order chi connectivity index (χ1) is 29.2. The van der Waals surface area contributed by atoms with Crippen molar-refractivity contribution in [1.29, 1.82) is 0 Å². The number of hydrogen-bond acceptors (Lipinski definition) is 1. The summed E-state index contributed by atoms with van der Waals surface area (Å²) in [6.45, 7) is 0. The number of rotatable bonds is 7. The molecule has 0 aliphatic rings. The van der Waals surface area contributed by atoms with Crippen LogP contribution in [-0.4, -0.2) is 0 Å². The van der Waals surface area contributed by atoms with E-state index in [0.29, 0.717) is 0 Å². The molecule has 0 heterocycles. The third kappa shape index (κ3) is 6.40. The van der Waals surface area contributed by atoms with Gasteiger partial charge in [-0.05, 0) is 124 Å². The largest absolute Gasteiger partial charge is 0.310 e. The molecule has 0 bridgehead atoms. The van der Waals surface area contributed by atoms with Crippen LogP contribution in [0, 0.1) is 0 Å². The van der Waals surface area contributed by atoms with E-state index in [2.05, 4.69) is 241 Å². The fraction of sp³-hybridized carbons (Fsp3) is 0. The summed E-state index contributed by atoms with van der Waals surface area (Å²) in [5.74, 6) is 0. The smallest absolute Gasteiger partial charge is 0.0546 e. The first-order valence-corrected chi connectivity index (χ1v) is 20.3. The highest BCUT2D eigenvalue weighted by molar-refractivity contribution is 6.17. The van der Waals surface area contributed by atoms with Crippen molar-refractivity contribution in [3.8, 4) is 44.5 Å². The first-order valence-electron chi connectivity index (χ1n) is 20.3. The minimum Gasteiger partial charge on any atom is -0.310 e. The summed E-state index contributed by atoms with van der Waals surface area (Å²) in [5, 5.41) is 10.1. The van der Waals surface area contributed by atoms with Crippen LogP contribution in [0.15, 0.2) is 237 Å². The van der Waals surface area contributed by atoms with Gasteiger partial charge in [0.2, 0.25) is 0 Å². The molecule has 0 radical (unpaired) electrons. The second-order valence-electron chi connectivity index (χ2n) is 15.3. The maximum atomic E-state index is 2.44. The lowest BCUT2D eigenvalue weighted by molar-refractivity contribution is 1.29. The van der Waals surface area contributed by atoms with Crippen molar-refractivity contribution in [2.24, 2.45) is 0 Å². The topological polar surface area (TPSA) is 3.24 Å². The van der Waals surface area contributed by atoms with Crippen molar-refractivity contribution in [3.05, 3.63) is 237 Å². The van der Waals surface area contributed by atoms with Crippen molar-refractivity contribution in [3.63, 3.8) is 0 Å². The van der Waals surface area contributed by atoms with Crippen molar-refractivity contribution in [2.45, 2.75) is 0 Å². The molecule has 0 saturated carbocycles. The Labute approximate surface area is 344 Å². The Morgan fingerprint density at radius 2 is 0.712 bits per heavy atom. The van der Waals surface area contributed by atoms with Crippen molar-refractivity contribution in [2.75, 3.05) is 4.90 Å². The molecule has 0 saturated heterocycles. The van der Waals surface area contributed by atoms with Crippen molar-refractivity contribution in [1.82, 2.24) is 0 Å². The van der Waals surface area contributed by atoms with Gasteiger partial charge in [-0.3, -0.25) is 0 Å². The van der Waals surface area contributed by atoms with E-state index in [1.165, 1.54) is 87.6 Å². The number of anilines is 3. The van der Waals surface area contributed by atoms with Crippen molar-refractivity contribution >= 4 is 60.2 Å². The van der Waals surface area contributed by atoms with Gasteiger partial charge < -0.3 is 4.90 Å². The zero-order chi connectivity index (χ0) is 39.1. The van der Waals surface area contributed by atoms with E-state index in [9.17, 15) is 0 Å². The van der Waals surface area contributed by atoms with E-state index in [-0.39, 0.29) is 0 Å². The van der Waals surface area contributed by atoms with Gasteiger partial charge in [-0.15, -0.1) is 0 Å². The quantitative estimate of drug-likeness (QED) is 0.147. The molecule has 0 aliphatic carbocycles. The molecule has 0 spiro atoms. The summed E-state index contributed by atoms with van der Waals surface area (Å²) >= 11 is 0. The van der Waals surface area contributed by atoms with Crippen LogP contribution < -0.4 is 4.90 Å². The SMILES string of the molecule is c1ccc(-c2cccc(N(c3ccc4cc(-c5ccc6ccc7c8ccccc8ccc7c6c5)ccc4c3)c3cc(-c4ccccc4)ccc3-c3ccccc3)c2)cc1. The van der Waals surface area contributed by atoms with Crippen LogP contribution in [0.2, 0.25) is 0 Å². The molecule has 11 rings (SSSR count). The van der Waals surface area contributed by atoms with Gasteiger partial charge in [-0.25, -0.2) is 0 Å². The van der Waals surface area contributed by atoms with Crippen LogP contribution in [0.5, 0.6) is 0 Å². The molecule has 0 fully saturated rings. The maximum Gasteiger partial charge on any atom is 0.0546 e. The van der Waals surface area contributed by atoms with E-state index < -0.39 is 0 Å². The standard InChI is InChI=1S/C58H39N/c1-4-13-40(14-5-1)45-20-12-21-51(36-45)59(58-39-50(41-15-6-2-7-16-41)30-32-54(58)42-17-8-3-9-18-42)52-31-27-47-35-46(25-26-48(47)37-52)49-24-23-44-29-33-55-53-22-11-10-19-43(53)28-34-56(55)57(44)38-49/h1-39H. The normalized spacial score (nSPS) is 11.4. The highest BCUT2D eigenvalue weighted by Crippen LogP contribution is 2.45. The maximum absolute atomic E-state index is 2.44. The van der Waals surface area contributed by atoms with Gasteiger partial charge in [0.25, 0.3) is 0 Å². The summed E-state index contributed by atoms with van der Waals surface area (Å²) in [6.07, 6.45) is 0. The Bertz CT molecular complexity index is 3310. The van der Waals surface area contributed by atoms with Crippen LogP contribution in [0.1, 0.15) is 0 Å². The van der Waals surface area contributed by atoms with Gasteiger partial charge >= 0.3 is 0 Å². The average molecular weight is 750 g/mol. The lowest BCUT2D eigenvalue weighted by atomic mass is 9.94.